The van der Waals surface area contributed by atoms with Gasteiger partial charge in [-0.2, -0.15) is 0 Å². The summed E-state index contributed by atoms with van der Waals surface area (Å²) in [6.07, 6.45) is 3.21. The van der Waals surface area contributed by atoms with Crippen molar-refractivity contribution in [2.75, 3.05) is 13.2 Å². The zero-order valence-corrected chi connectivity index (χ0v) is 20.2. The van der Waals surface area contributed by atoms with Crippen molar-refractivity contribution in [1.82, 2.24) is 4.98 Å². The average molecular weight is 478 g/mol. The molecule has 2 aliphatic rings. The number of rotatable bonds is 5. The van der Waals surface area contributed by atoms with Crippen molar-refractivity contribution in [1.29, 1.82) is 0 Å². The van der Waals surface area contributed by atoms with E-state index in [0.29, 0.717) is 34.6 Å². The number of allylic oxidation sites excluding steroid dienone is 2. The Morgan fingerprint density at radius 3 is 2.56 bits per heavy atom. The van der Waals surface area contributed by atoms with E-state index in [2.05, 4.69) is 4.98 Å². The number of ketones is 1. The number of fused-ring (bicyclic) bond motifs is 1. The maximum atomic E-state index is 13.3. The summed E-state index contributed by atoms with van der Waals surface area (Å²) in [6.45, 7) is 5.42. The normalized spacial score (nSPS) is 19.3. The van der Waals surface area contributed by atoms with Gasteiger partial charge in [-0.25, -0.2) is 4.98 Å². The Hall–Kier alpha value is -2.89. The molecule has 1 aromatic heterocycles. The Morgan fingerprint density at radius 2 is 1.82 bits per heavy atom. The number of aliphatic hydroxyl groups is 1. The van der Waals surface area contributed by atoms with Gasteiger partial charge >= 0.3 is 0 Å². The highest BCUT2D eigenvalue weighted by molar-refractivity contribution is 6.31. The number of carbonyl (C=O) groups excluding carboxylic acids is 1. The quantitative estimate of drug-likeness (QED) is 0.429. The number of aromatic nitrogens is 1. The van der Waals surface area contributed by atoms with Crippen molar-refractivity contribution in [3.05, 3.63) is 69.9 Å². The molecule has 1 N–H and O–H groups in total. The lowest BCUT2D eigenvalue weighted by atomic mass is 9.85. The van der Waals surface area contributed by atoms with E-state index in [9.17, 15) is 9.90 Å². The fourth-order valence-electron chi connectivity index (χ4n) is 5.25. The first-order chi connectivity index (χ1) is 16.4. The maximum absolute atomic E-state index is 13.3. The van der Waals surface area contributed by atoms with E-state index in [1.54, 1.807) is 6.07 Å². The average Bonchev–Trinajstić information content (AvgIpc) is 3.07. The van der Waals surface area contributed by atoms with E-state index < -0.39 is 0 Å². The summed E-state index contributed by atoms with van der Waals surface area (Å²) in [5.41, 5.74) is 3.87. The van der Waals surface area contributed by atoms with Crippen molar-refractivity contribution in [3.8, 4) is 11.6 Å². The first kappa shape index (κ1) is 22.9. The minimum atomic E-state index is -0.150. The van der Waals surface area contributed by atoms with Gasteiger partial charge in [0, 0.05) is 42.0 Å². The first-order valence-electron chi connectivity index (χ1n) is 11.8. The largest absolute Gasteiger partial charge is 0.512 e. The highest BCUT2D eigenvalue weighted by atomic mass is 35.5. The summed E-state index contributed by atoms with van der Waals surface area (Å²) >= 11 is 6.06. The molecule has 34 heavy (non-hydrogen) atoms. The van der Waals surface area contributed by atoms with E-state index in [-0.39, 0.29) is 17.5 Å². The van der Waals surface area contributed by atoms with Crippen LogP contribution in [0.1, 0.15) is 42.4 Å². The molecule has 1 saturated heterocycles. The molecule has 1 fully saturated rings. The van der Waals surface area contributed by atoms with E-state index in [0.717, 1.165) is 60.1 Å². The number of pyridine rings is 1. The molecule has 0 radical (unpaired) electrons. The fraction of sp³-hybridized carbons (Fsp3) is 0.357. The van der Waals surface area contributed by atoms with Crippen LogP contribution in [-0.2, 0) is 9.53 Å². The van der Waals surface area contributed by atoms with Crippen molar-refractivity contribution in [3.63, 3.8) is 0 Å². The highest BCUT2D eigenvalue weighted by Crippen LogP contribution is 2.41. The van der Waals surface area contributed by atoms with Crippen molar-refractivity contribution in [2.24, 2.45) is 11.8 Å². The van der Waals surface area contributed by atoms with Gasteiger partial charge in [-0.05, 0) is 92.1 Å². The number of Topliss-reactive ketones (excluding diaryl/α,β-unsaturated/α-hetero) is 1. The Bertz CT molecular complexity index is 1270. The number of aliphatic hydroxyl groups excluding tert-OH is 1. The van der Waals surface area contributed by atoms with Crippen LogP contribution in [0.4, 0.5) is 0 Å². The van der Waals surface area contributed by atoms with Gasteiger partial charge < -0.3 is 14.6 Å². The second-order valence-corrected chi connectivity index (χ2v) is 9.84. The Morgan fingerprint density at radius 1 is 1.09 bits per heavy atom. The highest BCUT2D eigenvalue weighted by Gasteiger charge is 2.37. The summed E-state index contributed by atoms with van der Waals surface area (Å²) in [5, 5.41) is 12.4. The molecule has 1 aliphatic carbocycles. The van der Waals surface area contributed by atoms with E-state index in [4.69, 9.17) is 21.1 Å². The smallest absolute Gasteiger partial charge is 0.219 e. The topological polar surface area (TPSA) is 68.7 Å². The maximum Gasteiger partial charge on any atom is 0.219 e. The van der Waals surface area contributed by atoms with Crippen LogP contribution in [0.25, 0.3) is 16.5 Å². The molecule has 1 aliphatic heterocycles. The van der Waals surface area contributed by atoms with Crippen LogP contribution in [0.5, 0.6) is 11.6 Å². The van der Waals surface area contributed by atoms with Gasteiger partial charge in [0.15, 0.2) is 5.78 Å². The van der Waals surface area contributed by atoms with Gasteiger partial charge in [-0.1, -0.05) is 11.6 Å². The summed E-state index contributed by atoms with van der Waals surface area (Å²) in [6, 6.07) is 13.1. The minimum Gasteiger partial charge on any atom is -0.512 e. The third-order valence-corrected chi connectivity index (χ3v) is 7.14. The van der Waals surface area contributed by atoms with Crippen LogP contribution in [0.3, 0.4) is 0 Å². The Balaban J connectivity index is 1.37. The van der Waals surface area contributed by atoms with Crippen molar-refractivity contribution < 1.29 is 19.4 Å². The molecule has 3 aromatic rings. The Kier molecular flexibility index (Phi) is 6.32. The number of hydrogen-bond donors (Lipinski definition) is 1. The first-order valence-corrected chi connectivity index (χ1v) is 12.2. The number of carbonyl (C=O) groups is 1. The molecule has 0 saturated carbocycles. The molecule has 0 bridgehead atoms. The standard InChI is InChI=1S/C28H28ClNO4/c1-16-11-22(34-25-6-3-19-14-21(29)4-5-23(19)30-25)12-17(2)26(16)27-24(31)15-20(28(27)32)13-18-7-9-33-10-8-18/h3-6,11-12,14,18,20,31H,7-10,13,15H2,1-2H3. The fourth-order valence-corrected chi connectivity index (χ4v) is 5.43. The summed E-state index contributed by atoms with van der Waals surface area (Å²) in [7, 11) is 0. The summed E-state index contributed by atoms with van der Waals surface area (Å²) in [4.78, 5) is 17.9. The van der Waals surface area contributed by atoms with Crippen LogP contribution < -0.4 is 4.74 Å². The minimum absolute atomic E-state index is 0.0544. The Labute approximate surface area is 204 Å². The molecule has 6 heteroatoms. The van der Waals surface area contributed by atoms with Crippen LogP contribution in [-0.4, -0.2) is 29.1 Å². The number of nitrogens with zero attached hydrogens (tertiary/aromatic N) is 1. The molecular weight excluding hydrogens is 450 g/mol. The lowest BCUT2D eigenvalue weighted by Gasteiger charge is -2.24. The monoisotopic (exact) mass is 477 g/mol. The van der Waals surface area contributed by atoms with Gasteiger partial charge in [0.05, 0.1) is 11.1 Å². The molecule has 5 rings (SSSR count). The van der Waals surface area contributed by atoms with Crippen LogP contribution in [0.2, 0.25) is 5.02 Å². The predicted molar refractivity (Wildman–Crippen MR) is 134 cm³/mol. The molecular formula is C28H28ClNO4. The molecule has 176 valence electrons. The molecule has 5 nitrogen and oxygen atoms in total. The predicted octanol–water partition coefficient (Wildman–Crippen LogP) is 6.97. The van der Waals surface area contributed by atoms with Crippen molar-refractivity contribution in [2.45, 2.75) is 39.5 Å². The lowest BCUT2D eigenvalue weighted by Crippen LogP contribution is -2.21. The lowest BCUT2D eigenvalue weighted by molar-refractivity contribution is -0.117. The molecule has 1 atom stereocenters. The molecule has 2 aromatic carbocycles. The number of benzene rings is 2. The zero-order chi connectivity index (χ0) is 23.8. The van der Waals surface area contributed by atoms with E-state index in [1.165, 1.54) is 0 Å². The number of hydrogen-bond acceptors (Lipinski definition) is 5. The van der Waals surface area contributed by atoms with Gasteiger partial charge in [-0.15, -0.1) is 0 Å². The molecule has 0 spiro atoms. The van der Waals surface area contributed by atoms with E-state index >= 15 is 0 Å². The third kappa shape index (κ3) is 4.55. The summed E-state index contributed by atoms with van der Waals surface area (Å²) in [5.74, 6) is 1.72. The van der Waals surface area contributed by atoms with Crippen LogP contribution in [0.15, 0.2) is 48.2 Å². The van der Waals surface area contributed by atoms with Gasteiger partial charge in [0.1, 0.15) is 11.5 Å². The van der Waals surface area contributed by atoms with Gasteiger partial charge in [0.2, 0.25) is 5.88 Å². The molecule has 0 amide bonds. The third-order valence-electron chi connectivity index (χ3n) is 6.91. The second kappa shape index (κ2) is 9.40. The second-order valence-electron chi connectivity index (χ2n) is 9.40. The van der Waals surface area contributed by atoms with Gasteiger partial charge in [-0.3, -0.25) is 4.79 Å². The SMILES string of the molecule is Cc1cc(Oc2ccc3cc(Cl)ccc3n2)cc(C)c1C1=C(O)CC(CC2CCOCC2)C1=O. The molecule has 2 heterocycles. The van der Waals surface area contributed by atoms with Crippen LogP contribution in [0, 0.1) is 25.7 Å². The van der Waals surface area contributed by atoms with Gasteiger partial charge in [0.25, 0.3) is 0 Å². The van der Waals surface area contributed by atoms with Crippen LogP contribution >= 0.6 is 11.6 Å². The molecule has 1 unspecified atom stereocenters. The number of aryl methyl sites for hydroxylation is 2. The zero-order valence-electron chi connectivity index (χ0n) is 19.4. The van der Waals surface area contributed by atoms with E-state index in [1.807, 2.05) is 50.2 Å². The summed E-state index contributed by atoms with van der Waals surface area (Å²) < 4.78 is 11.5. The number of ether oxygens (including phenoxy) is 2. The number of halogens is 1. The van der Waals surface area contributed by atoms with Crippen molar-refractivity contribution >= 4 is 33.9 Å².